The maximum atomic E-state index is 14.7. The predicted octanol–water partition coefficient (Wildman–Crippen LogP) is 6.97. The third-order valence-electron chi connectivity index (χ3n) is 8.22. The summed E-state index contributed by atoms with van der Waals surface area (Å²) in [6.45, 7) is 4.28. The number of nitro benzene ring substituents is 1. The highest BCUT2D eigenvalue weighted by molar-refractivity contribution is 7.92. The van der Waals surface area contributed by atoms with Gasteiger partial charge < -0.3 is 15.0 Å². The Morgan fingerprint density at radius 2 is 1.66 bits per heavy atom. The van der Waals surface area contributed by atoms with Crippen LogP contribution in [0.5, 0.6) is 5.75 Å². The Kier molecular flexibility index (Phi) is 12.9. The van der Waals surface area contributed by atoms with E-state index in [4.69, 9.17) is 27.9 Å². The van der Waals surface area contributed by atoms with E-state index in [1.54, 1.807) is 24.3 Å². The quantitative estimate of drug-likeness (QED) is 0.103. The topological polar surface area (TPSA) is 139 Å². The lowest BCUT2D eigenvalue weighted by Crippen LogP contribution is -2.54. The summed E-state index contributed by atoms with van der Waals surface area (Å²) in [5.41, 5.74) is 1.04. The fraction of sp³-hybridized carbons (Fsp3) is 0.278. The molecular weight excluding hydrogens is 703 g/mol. The Morgan fingerprint density at radius 3 is 2.30 bits per heavy atom. The minimum Gasteiger partial charge on any atom is -0.495 e. The molecule has 0 radical (unpaired) electrons. The van der Waals surface area contributed by atoms with Gasteiger partial charge in [0.05, 0.1) is 22.6 Å². The molecule has 4 rings (SSSR count). The first-order chi connectivity index (χ1) is 23.8. The molecule has 0 saturated heterocycles. The molecule has 0 aliphatic heterocycles. The van der Waals surface area contributed by atoms with Gasteiger partial charge in [-0.3, -0.25) is 24.0 Å². The Balaban J connectivity index is 1.90. The summed E-state index contributed by atoms with van der Waals surface area (Å²) in [4.78, 5) is 40.7. The summed E-state index contributed by atoms with van der Waals surface area (Å²) < 4.78 is 35.2. The maximum absolute atomic E-state index is 14.7. The summed E-state index contributed by atoms with van der Waals surface area (Å²) >= 11 is 12.9. The van der Waals surface area contributed by atoms with E-state index in [2.05, 4.69) is 5.32 Å². The van der Waals surface area contributed by atoms with E-state index in [0.717, 1.165) is 15.9 Å². The lowest BCUT2D eigenvalue weighted by atomic mass is 10.0. The van der Waals surface area contributed by atoms with Crippen molar-refractivity contribution in [3.05, 3.63) is 128 Å². The molecule has 2 amide bonds. The van der Waals surface area contributed by atoms with Crippen LogP contribution in [0.3, 0.4) is 0 Å². The van der Waals surface area contributed by atoms with Crippen LogP contribution in [0, 0.1) is 17.0 Å². The standard InChI is InChI=1S/C36H38Cl2N4O7S/c1-5-25(3)39-36(44)33(19-26-11-7-6-8-12-26)40(22-27-13-9-10-14-30(27)38)35(43)23-41(32-20-28(37)16-18-34(32)49-4)50(47,48)29-17-15-24(2)31(21-29)42(45)46/h6-18,20-21,25,33H,5,19,22-23H2,1-4H3,(H,39,44)/t25-,33+/m1/s1. The molecule has 0 heterocycles. The number of carbonyl (C=O) groups excluding carboxylic acids is 2. The van der Waals surface area contributed by atoms with Gasteiger partial charge in [-0.15, -0.1) is 0 Å². The number of hydrogen-bond donors (Lipinski definition) is 1. The van der Waals surface area contributed by atoms with Gasteiger partial charge in [-0.1, -0.05) is 84.7 Å². The van der Waals surface area contributed by atoms with Gasteiger partial charge in [0.2, 0.25) is 11.8 Å². The number of halogens is 2. The Labute approximate surface area is 302 Å². The minimum atomic E-state index is -4.70. The number of rotatable bonds is 15. The van der Waals surface area contributed by atoms with E-state index in [1.165, 1.54) is 49.3 Å². The molecule has 264 valence electrons. The van der Waals surface area contributed by atoms with E-state index in [0.29, 0.717) is 17.0 Å². The number of methoxy groups -OCH3 is 1. The Morgan fingerprint density at radius 1 is 0.980 bits per heavy atom. The number of amides is 2. The molecule has 0 unspecified atom stereocenters. The van der Waals surface area contributed by atoms with Crippen LogP contribution >= 0.6 is 23.2 Å². The van der Waals surface area contributed by atoms with Gasteiger partial charge in [0, 0.05) is 40.7 Å². The molecule has 4 aromatic rings. The first kappa shape index (κ1) is 38.2. The second-order valence-electron chi connectivity index (χ2n) is 11.7. The van der Waals surface area contributed by atoms with Crippen molar-refractivity contribution < 1.29 is 27.7 Å². The molecule has 0 saturated carbocycles. The molecule has 2 atom stereocenters. The highest BCUT2D eigenvalue weighted by Crippen LogP contribution is 2.36. The molecule has 50 heavy (non-hydrogen) atoms. The van der Waals surface area contributed by atoms with Crippen LogP contribution in [0.2, 0.25) is 10.0 Å². The van der Waals surface area contributed by atoms with Crippen molar-refractivity contribution in [1.29, 1.82) is 0 Å². The fourth-order valence-electron chi connectivity index (χ4n) is 5.25. The molecule has 0 aliphatic rings. The number of nitrogens with zero attached hydrogens (tertiary/aromatic N) is 3. The zero-order chi connectivity index (χ0) is 36.6. The number of sulfonamides is 1. The van der Waals surface area contributed by atoms with Gasteiger partial charge in [0.25, 0.3) is 15.7 Å². The zero-order valence-electron chi connectivity index (χ0n) is 28.0. The zero-order valence-corrected chi connectivity index (χ0v) is 30.3. The number of aryl methyl sites for hydroxylation is 1. The average molecular weight is 742 g/mol. The van der Waals surface area contributed by atoms with Crippen LogP contribution in [0.25, 0.3) is 0 Å². The number of anilines is 1. The van der Waals surface area contributed by atoms with Crippen LogP contribution in [0.4, 0.5) is 11.4 Å². The molecule has 14 heteroatoms. The van der Waals surface area contributed by atoms with Crippen LogP contribution in [0.15, 0.2) is 95.9 Å². The summed E-state index contributed by atoms with van der Waals surface area (Å²) in [6, 6.07) is 22.4. The van der Waals surface area contributed by atoms with E-state index in [1.807, 2.05) is 44.2 Å². The summed E-state index contributed by atoms with van der Waals surface area (Å²) in [5.74, 6) is -1.12. The number of ether oxygens (including phenoxy) is 1. The summed E-state index contributed by atoms with van der Waals surface area (Å²) in [5, 5.41) is 15.3. The average Bonchev–Trinajstić information content (AvgIpc) is 3.09. The van der Waals surface area contributed by atoms with Crippen LogP contribution in [0.1, 0.15) is 37.0 Å². The van der Waals surface area contributed by atoms with Gasteiger partial charge in [-0.2, -0.15) is 0 Å². The van der Waals surface area contributed by atoms with E-state index < -0.39 is 49.9 Å². The summed E-state index contributed by atoms with van der Waals surface area (Å²) in [7, 11) is -3.37. The lowest BCUT2D eigenvalue weighted by Gasteiger charge is -2.34. The SMILES string of the molecule is CC[C@@H](C)NC(=O)[C@H](Cc1ccccc1)N(Cc1ccccc1Cl)C(=O)CN(c1cc(Cl)ccc1OC)S(=O)(=O)c1ccc(C)c([N+](=O)[O-])c1. The molecule has 0 bridgehead atoms. The van der Waals surface area contributed by atoms with Crippen LogP contribution < -0.4 is 14.4 Å². The molecule has 0 fully saturated rings. The molecule has 0 aromatic heterocycles. The van der Waals surface area contributed by atoms with Crippen molar-refractivity contribution in [3.8, 4) is 5.75 Å². The smallest absolute Gasteiger partial charge is 0.273 e. The molecule has 11 nitrogen and oxygen atoms in total. The molecule has 0 spiro atoms. The molecule has 0 aliphatic carbocycles. The third kappa shape index (κ3) is 9.12. The normalized spacial score (nSPS) is 12.4. The van der Waals surface area contributed by atoms with Gasteiger partial charge in [-0.05, 0) is 61.7 Å². The van der Waals surface area contributed by atoms with Gasteiger partial charge in [0.15, 0.2) is 0 Å². The van der Waals surface area contributed by atoms with Gasteiger partial charge in [-0.25, -0.2) is 8.42 Å². The van der Waals surface area contributed by atoms with Crippen molar-refractivity contribution >= 4 is 56.4 Å². The highest BCUT2D eigenvalue weighted by Gasteiger charge is 2.36. The predicted molar refractivity (Wildman–Crippen MR) is 194 cm³/mol. The van der Waals surface area contributed by atoms with Crippen molar-refractivity contribution in [2.24, 2.45) is 0 Å². The first-order valence-electron chi connectivity index (χ1n) is 15.7. The van der Waals surface area contributed by atoms with E-state index in [9.17, 15) is 28.1 Å². The van der Waals surface area contributed by atoms with Crippen LogP contribution in [-0.2, 0) is 32.6 Å². The fourth-order valence-corrected chi connectivity index (χ4v) is 7.05. The number of nitrogens with one attached hydrogen (secondary N) is 1. The van der Waals surface area contributed by atoms with Crippen molar-refractivity contribution in [2.45, 2.75) is 57.1 Å². The summed E-state index contributed by atoms with van der Waals surface area (Å²) in [6.07, 6.45) is 0.738. The number of hydrogen-bond acceptors (Lipinski definition) is 7. The third-order valence-corrected chi connectivity index (χ3v) is 10.6. The monoisotopic (exact) mass is 740 g/mol. The number of nitro groups is 1. The van der Waals surface area contributed by atoms with E-state index >= 15 is 0 Å². The first-order valence-corrected chi connectivity index (χ1v) is 17.9. The molecular formula is C36H38Cl2N4O7S. The second kappa shape index (κ2) is 16.8. The number of carbonyl (C=O) groups is 2. The van der Waals surface area contributed by atoms with Gasteiger partial charge in [0.1, 0.15) is 18.3 Å². The van der Waals surface area contributed by atoms with Crippen molar-refractivity contribution in [2.75, 3.05) is 18.0 Å². The lowest BCUT2D eigenvalue weighted by molar-refractivity contribution is -0.385. The van der Waals surface area contributed by atoms with Crippen LogP contribution in [-0.4, -0.2) is 55.8 Å². The molecule has 1 N–H and O–H groups in total. The minimum absolute atomic E-state index is 0.0698. The largest absolute Gasteiger partial charge is 0.495 e. The van der Waals surface area contributed by atoms with Crippen molar-refractivity contribution in [3.63, 3.8) is 0 Å². The van der Waals surface area contributed by atoms with Crippen molar-refractivity contribution in [1.82, 2.24) is 10.2 Å². The maximum Gasteiger partial charge on any atom is 0.273 e. The van der Waals surface area contributed by atoms with E-state index in [-0.39, 0.29) is 41.0 Å². The number of benzene rings is 4. The Hall–Kier alpha value is -4.65. The Bertz CT molecular complexity index is 1960. The van der Waals surface area contributed by atoms with Gasteiger partial charge >= 0.3 is 0 Å². The molecule has 4 aromatic carbocycles. The highest BCUT2D eigenvalue weighted by atomic mass is 35.5. The second-order valence-corrected chi connectivity index (χ2v) is 14.4.